The van der Waals surface area contributed by atoms with Crippen molar-refractivity contribution in [3.8, 4) is 0 Å². The highest BCUT2D eigenvalue weighted by atomic mass is 35.5. The van der Waals surface area contributed by atoms with Crippen LogP contribution >= 0.6 is 11.6 Å². The molecule has 1 amide bonds. The van der Waals surface area contributed by atoms with Crippen molar-refractivity contribution < 1.29 is 18.1 Å². The third kappa shape index (κ3) is 4.79. The topological polar surface area (TPSA) is 110 Å². The second kappa shape index (κ2) is 8.15. The van der Waals surface area contributed by atoms with Crippen molar-refractivity contribution in [1.29, 1.82) is 0 Å². The summed E-state index contributed by atoms with van der Waals surface area (Å²) in [5.74, 6) is -0.596. The van der Waals surface area contributed by atoms with Gasteiger partial charge in [0.15, 0.2) is 0 Å². The summed E-state index contributed by atoms with van der Waals surface area (Å²) in [6.45, 7) is 4.80. The molecule has 10 heteroatoms. The van der Waals surface area contributed by atoms with E-state index in [1.165, 1.54) is 19.1 Å². The minimum atomic E-state index is -3.91. The molecule has 0 spiro atoms. The quantitative estimate of drug-likeness (QED) is 0.561. The van der Waals surface area contributed by atoms with Crippen molar-refractivity contribution in [2.24, 2.45) is 0 Å². The Morgan fingerprint density at radius 3 is 2.36 bits per heavy atom. The molecule has 0 aromatic heterocycles. The van der Waals surface area contributed by atoms with E-state index >= 15 is 0 Å². The number of aryl methyl sites for hydroxylation is 2. The number of nitro benzene ring substituents is 1. The number of sulfonamides is 1. The number of hydrogen-bond donors (Lipinski definition) is 1. The molecule has 0 radical (unpaired) electrons. The van der Waals surface area contributed by atoms with Crippen molar-refractivity contribution in [3.63, 3.8) is 0 Å². The van der Waals surface area contributed by atoms with Crippen LogP contribution in [0, 0.1) is 24.0 Å². The molecular formula is C18H20ClN3O5S. The first-order valence-electron chi connectivity index (χ1n) is 8.23. The van der Waals surface area contributed by atoms with E-state index in [1.807, 2.05) is 0 Å². The molecule has 0 aliphatic carbocycles. The van der Waals surface area contributed by atoms with Gasteiger partial charge in [-0.1, -0.05) is 23.7 Å². The summed E-state index contributed by atoms with van der Waals surface area (Å²) in [6.07, 6.45) is 0.944. The fraction of sp³-hybridized carbons (Fsp3) is 0.278. The maximum atomic E-state index is 12.8. The number of carbonyl (C=O) groups is 1. The Bertz CT molecular complexity index is 1040. The first-order chi connectivity index (χ1) is 12.9. The highest BCUT2D eigenvalue weighted by Crippen LogP contribution is 2.30. The zero-order valence-electron chi connectivity index (χ0n) is 15.8. The van der Waals surface area contributed by atoms with E-state index in [9.17, 15) is 23.3 Å². The van der Waals surface area contributed by atoms with E-state index < -0.39 is 26.9 Å². The third-order valence-electron chi connectivity index (χ3n) is 4.19. The number of amides is 1. The van der Waals surface area contributed by atoms with Crippen LogP contribution in [0.15, 0.2) is 36.4 Å². The molecule has 0 saturated heterocycles. The van der Waals surface area contributed by atoms with Gasteiger partial charge in [0.25, 0.3) is 5.69 Å². The summed E-state index contributed by atoms with van der Waals surface area (Å²) < 4.78 is 25.8. The monoisotopic (exact) mass is 425 g/mol. The number of benzene rings is 2. The minimum Gasteiger partial charge on any atom is -0.324 e. The maximum Gasteiger partial charge on any atom is 0.271 e. The van der Waals surface area contributed by atoms with Gasteiger partial charge in [-0.25, -0.2) is 8.42 Å². The molecule has 8 nitrogen and oxygen atoms in total. The average Bonchev–Trinajstić information content (AvgIpc) is 2.58. The molecule has 2 aromatic carbocycles. The fourth-order valence-electron chi connectivity index (χ4n) is 2.70. The lowest BCUT2D eigenvalue weighted by molar-refractivity contribution is -0.384. The second-order valence-electron chi connectivity index (χ2n) is 6.41. The number of non-ortho nitro benzene ring substituents is 1. The molecule has 0 aliphatic rings. The number of nitro groups is 1. The van der Waals surface area contributed by atoms with Crippen LogP contribution in [0.2, 0.25) is 5.02 Å². The number of hydrogen-bond acceptors (Lipinski definition) is 5. The van der Waals surface area contributed by atoms with Gasteiger partial charge in [-0.2, -0.15) is 0 Å². The van der Waals surface area contributed by atoms with Crippen LogP contribution in [0.3, 0.4) is 0 Å². The number of anilines is 2. The lowest BCUT2D eigenvalue weighted by Crippen LogP contribution is -2.45. The number of nitrogens with one attached hydrogen (secondary N) is 1. The third-order valence-corrected chi connectivity index (χ3v) is 5.65. The van der Waals surface area contributed by atoms with Gasteiger partial charge in [-0.3, -0.25) is 19.2 Å². The van der Waals surface area contributed by atoms with E-state index in [-0.39, 0.29) is 11.4 Å². The summed E-state index contributed by atoms with van der Waals surface area (Å²) in [5.41, 5.74) is 1.49. The molecule has 2 rings (SSSR count). The lowest BCUT2D eigenvalue weighted by Gasteiger charge is -2.29. The van der Waals surface area contributed by atoms with E-state index in [4.69, 9.17) is 11.6 Å². The second-order valence-corrected chi connectivity index (χ2v) is 8.71. The number of nitrogens with zero attached hydrogens (tertiary/aromatic N) is 2. The molecule has 0 aliphatic heterocycles. The van der Waals surface area contributed by atoms with Crippen LogP contribution < -0.4 is 9.62 Å². The van der Waals surface area contributed by atoms with Gasteiger partial charge >= 0.3 is 0 Å². The van der Waals surface area contributed by atoms with Gasteiger partial charge in [0.05, 0.1) is 16.9 Å². The summed E-state index contributed by atoms with van der Waals surface area (Å²) in [7, 11) is -3.91. The van der Waals surface area contributed by atoms with Crippen molar-refractivity contribution in [2.75, 3.05) is 15.9 Å². The van der Waals surface area contributed by atoms with Gasteiger partial charge in [-0.05, 0) is 44.0 Å². The largest absolute Gasteiger partial charge is 0.324 e. The van der Waals surface area contributed by atoms with E-state index in [1.54, 1.807) is 32.0 Å². The molecular weight excluding hydrogens is 406 g/mol. The fourth-order valence-corrected chi connectivity index (χ4v) is 4.09. The van der Waals surface area contributed by atoms with Gasteiger partial charge in [0, 0.05) is 22.8 Å². The van der Waals surface area contributed by atoms with Crippen molar-refractivity contribution in [3.05, 3.63) is 62.7 Å². The molecule has 150 valence electrons. The minimum absolute atomic E-state index is 0.0715. The van der Waals surface area contributed by atoms with E-state index in [0.717, 1.165) is 22.2 Å². The predicted octanol–water partition coefficient (Wildman–Crippen LogP) is 3.66. The standard InChI is InChI=1S/C18H20ClN3O5S/c1-11-5-7-14(19)9-16(11)20-18(23)13(3)21(28(4,26)27)17-10-15(22(24)25)8-6-12(17)2/h5-10,13H,1-4H3,(H,20,23)/t13-/m1/s1. The summed E-state index contributed by atoms with van der Waals surface area (Å²) in [5, 5.41) is 14.2. The number of rotatable bonds is 6. The van der Waals surface area contributed by atoms with Crippen molar-refractivity contribution in [2.45, 2.75) is 26.8 Å². The van der Waals surface area contributed by atoms with Crippen LogP contribution in [0.5, 0.6) is 0 Å². The molecule has 2 aromatic rings. The highest BCUT2D eigenvalue weighted by Gasteiger charge is 2.31. The Balaban J connectivity index is 2.46. The Labute approximate surface area is 168 Å². The maximum absolute atomic E-state index is 12.8. The summed E-state index contributed by atoms with van der Waals surface area (Å²) >= 11 is 5.96. The van der Waals surface area contributed by atoms with Gasteiger partial charge < -0.3 is 5.32 Å². The molecule has 0 unspecified atom stereocenters. The summed E-state index contributed by atoms with van der Waals surface area (Å²) in [4.78, 5) is 23.2. The first kappa shape index (κ1) is 21.6. The Hall–Kier alpha value is -2.65. The molecule has 0 bridgehead atoms. The molecule has 1 atom stereocenters. The van der Waals surface area contributed by atoms with E-state index in [2.05, 4.69) is 5.32 Å². The number of carbonyl (C=O) groups excluding carboxylic acids is 1. The average molecular weight is 426 g/mol. The van der Waals surface area contributed by atoms with Gasteiger partial charge in [0.2, 0.25) is 15.9 Å². The van der Waals surface area contributed by atoms with Crippen molar-refractivity contribution in [1.82, 2.24) is 0 Å². The highest BCUT2D eigenvalue weighted by molar-refractivity contribution is 7.92. The Morgan fingerprint density at radius 1 is 1.18 bits per heavy atom. The summed E-state index contributed by atoms with van der Waals surface area (Å²) in [6, 6.07) is 7.66. The Morgan fingerprint density at radius 2 is 1.79 bits per heavy atom. The molecule has 0 fully saturated rings. The number of halogens is 1. The van der Waals surface area contributed by atoms with Crippen LogP contribution in [0.25, 0.3) is 0 Å². The molecule has 28 heavy (non-hydrogen) atoms. The predicted molar refractivity (Wildman–Crippen MR) is 109 cm³/mol. The van der Waals surface area contributed by atoms with Gasteiger partial charge in [-0.15, -0.1) is 0 Å². The SMILES string of the molecule is Cc1ccc(Cl)cc1NC(=O)[C@@H](C)N(c1cc([N+](=O)[O-])ccc1C)S(C)(=O)=O. The first-order valence-corrected chi connectivity index (χ1v) is 10.5. The Kier molecular flexibility index (Phi) is 6.30. The molecule has 0 saturated carbocycles. The van der Waals surface area contributed by atoms with Crippen LogP contribution in [-0.2, 0) is 14.8 Å². The smallest absolute Gasteiger partial charge is 0.271 e. The van der Waals surface area contributed by atoms with Crippen LogP contribution in [0.4, 0.5) is 17.1 Å². The zero-order valence-corrected chi connectivity index (χ0v) is 17.3. The van der Waals surface area contributed by atoms with Crippen molar-refractivity contribution >= 4 is 44.6 Å². The van der Waals surface area contributed by atoms with Gasteiger partial charge in [0.1, 0.15) is 6.04 Å². The van der Waals surface area contributed by atoms with Crippen LogP contribution in [-0.4, -0.2) is 31.5 Å². The van der Waals surface area contributed by atoms with Crippen LogP contribution in [0.1, 0.15) is 18.1 Å². The molecule has 0 heterocycles. The lowest BCUT2D eigenvalue weighted by atomic mass is 10.1. The van der Waals surface area contributed by atoms with E-state index in [0.29, 0.717) is 16.3 Å². The normalized spacial score (nSPS) is 12.3. The zero-order chi connectivity index (χ0) is 21.2. The molecule has 1 N–H and O–H groups in total.